The Balaban J connectivity index is 2.98. The third kappa shape index (κ3) is 5.04. The van der Waals surface area contributed by atoms with E-state index in [0.29, 0.717) is 22.6 Å². The van der Waals surface area contributed by atoms with Crippen LogP contribution in [0.25, 0.3) is 0 Å². The number of carbonyl (C=O) groups excluding carboxylic acids is 1. The Morgan fingerprint density at radius 1 is 1.29 bits per heavy atom. The Hall–Kier alpha value is -1.56. The fraction of sp³-hybridized carbons (Fsp3) is 0.467. The largest absolute Gasteiger partial charge is 0.478 e. The average Bonchev–Trinajstić information content (AvgIpc) is 2.37. The second-order valence-electron chi connectivity index (χ2n) is 5.57. The van der Waals surface area contributed by atoms with Crippen molar-refractivity contribution in [2.24, 2.45) is 5.92 Å². The molecule has 1 rings (SSSR count). The number of urea groups is 1. The van der Waals surface area contributed by atoms with Crippen molar-refractivity contribution in [1.29, 1.82) is 0 Å². The van der Waals surface area contributed by atoms with E-state index in [9.17, 15) is 14.7 Å². The summed E-state index contributed by atoms with van der Waals surface area (Å²) in [6, 6.07) is 4.50. The van der Waals surface area contributed by atoms with Crippen molar-refractivity contribution in [3.63, 3.8) is 0 Å². The Kier molecular flexibility index (Phi) is 6.20. The Bertz CT molecular complexity index is 530. The van der Waals surface area contributed by atoms with Crippen molar-refractivity contribution in [3.8, 4) is 0 Å². The van der Waals surface area contributed by atoms with Crippen LogP contribution in [0, 0.1) is 5.92 Å². The number of rotatable bonds is 5. The van der Waals surface area contributed by atoms with Gasteiger partial charge in [0, 0.05) is 17.1 Å². The molecule has 116 valence electrons. The molecule has 0 fully saturated rings. The first-order chi connectivity index (χ1) is 9.72. The minimum Gasteiger partial charge on any atom is -0.478 e. The number of hydrogen-bond acceptors (Lipinski definition) is 2. The number of nitrogens with one attached hydrogen (secondary N) is 1. The molecule has 0 aromatic heterocycles. The second-order valence-corrected chi connectivity index (χ2v) is 6.48. The molecule has 0 bridgehead atoms. The lowest BCUT2D eigenvalue weighted by Crippen LogP contribution is -2.42. The van der Waals surface area contributed by atoms with E-state index < -0.39 is 5.97 Å². The average molecular weight is 357 g/mol. The van der Waals surface area contributed by atoms with E-state index in [2.05, 4.69) is 21.2 Å². The summed E-state index contributed by atoms with van der Waals surface area (Å²) < 4.78 is 0.654. The lowest BCUT2D eigenvalue weighted by molar-refractivity contribution is 0.0698. The number of benzene rings is 1. The van der Waals surface area contributed by atoms with Crippen LogP contribution in [0.5, 0.6) is 0 Å². The summed E-state index contributed by atoms with van der Waals surface area (Å²) >= 11 is 3.23. The van der Waals surface area contributed by atoms with E-state index in [1.54, 1.807) is 17.0 Å². The van der Waals surface area contributed by atoms with Gasteiger partial charge in [0.25, 0.3) is 0 Å². The summed E-state index contributed by atoms with van der Waals surface area (Å²) in [6.07, 6.45) is 0. The van der Waals surface area contributed by atoms with Crippen LogP contribution >= 0.6 is 15.9 Å². The van der Waals surface area contributed by atoms with Crippen LogP contribution in [-0.4, -0.2) is 34.6 Å². The van der Waals surface area contributed by atoms with Gasteiger partial charge >= 0.3 is 12.0 Å². The van der Waals surface area contributed by atoms with Crippen LogP contribution < -0.4 is 5.32 Å². The molecule has 2 N–H and O–H groups in total. The van der Waals surface area contributed by atoms with Gasteiger partial charge in [-0.25, -0.2) is 9.59 Å². The first-order valence-corrected chi connectivity index (χ1v) is 7.62. The molecule has 0 aliphatic rings. The van der Waals surface area contributed by atoms with Crippen molar-refractivity contribution in [1.82, 2.24) is 4.90 Å². The molecule has 0 unspecified atom stereocenters. The molecule has 21 heavy (non-hydrogen) atoms. The Morgan fingerprint density at radius 3 is 2.38 bits per heavy atom. The Morgan fingerprint density at radius 2 is 1.90 bits per heavy atom. The summed E-state index contributed by atoms with van der Waals surface area (Å²) in [5, 5.41) is 11.9. The van der Waals surface area contributed by atoms with Crippen LogP contribution in [0.2, 0.25) is 0 Å². The standard InChI is InChI=1S/C15H21BrN2O3/c1-9(2)8-18(10(3)4)15(21)17-13-6-5-11(16)7-12(13)14(19)20/h5-7,9-10H,8H2,1-4H3,(H,17,21)(H,19,20). The monoisotopic (exact) mass is 356 g/mol. The lowest BCUT2D eigenvalue weighted by atomic mass is 10.1. The minimum absolute atomic E-state index is 0.0381. The van der Waals surface area contributed by atoms with E-state index in [4.69, 9.17) is 0 Å². The smallest absolute Gasteiger partial charge is 0.337 e. The molecule has 0 radical (unpaired) electrons. The zero-order valence-electron chi connectivity index (χ0n) is 12.7. The molecular formula is C15H21BrN2O3. The fourth-order valence-corrected chi connectivity index (χ4v) is 2.27. The van der Waals surface area contributed by atoms with E-state index in [0.717, 1.165) is 0 Å². The van der Waals surface area contributed by atoms with E-state index >= 15 is 0 Å². The topological polar surface area (TPSA) is 69.6 Å². The maximum Gasteiger partial charge on any atom is 0.337 e. The lowest BCUT2D eigenvalue weighted by Gasteiger charge is -2.28. The molecule has 0 spiro atoms. The van der Waals surface area contributed by atoms with Crippen LogP contribution in [-0.2, 0) is 0 Å². The highest BCUT2D eigenvalue weighted by Gasteiger charge is 2.20. The molecule has 0 saturated heterocycles. The van der Waals surface area contributed by atoms with Gasteiger partial charge in [0.05, 0.1) is 11.3 Å². The predicted octanol–water partition coefficient (Wildman–Crippen LogP) is 4.05. The first-order valence-electron chi connectivity index (χ1n) is 6.82. The molecule has 0 aliphatic heterocycles. The summed E-state index contributed by atoms with van der Waals surface area (Å²) in [4.78, 5) is 25.3. The highest BCUT2D eigenvalue weighted by molar-refractivity contribution is 9.10. The highest BCUT2D eigenvalue weighted by atomic mass is 79.9. The molecule has 0 aliphatic carbocycles. The highest BCUT2D eigenvalue weighted by Crippen LogP contribution is 2.22. The van der Waals surface area contributed by atoms with Gasteiger partial charge in [0.15, 0.2) is 0 Å². The molecule has 0 heterocycles. The summed E-state index contributed by atoms with van der Waals surface area (Å²) in [5.41, 5.74) is 0.357. The maximum absolute atomic E-state index is 12.4. The van der Waals surface area contributed by atoms with Crippen molar-refractivity contribution in [2.45, 2.75) is 33.7 Å². The van der Waals surface area contributed by atoms with Crippen molar-refractivity contribution in [2.75, 3.05) is 11.9 Å². The molecule has 2 amide bonds. The maximum atomic E-state index is 12.4. The molecule has 1 aromatic carbocycles. The minimum atomic E-state index is -1.08. The molecule has 0 saturated carbocycles. The number of carboxylic acid groups (broad SMARTS) is 1. The Labute approximate surface area is 133 Å². The zero-order valence-corrected chi connectivity index (χ0v) is 14.3. The predicted molar refractivity (Wildman–Crippen MR) is 86.8 cm³/mol. The third-order valence-corrected chi connectivity index (χ3v) is 3.39. The van der Waals surface area contributed by atoms with E-state index in [1.807, 2.05) is 27.7 Å². The van der Waals surface area contributed by atoms with Gasteiger partial charge in [0.2, 0.25) is 0 Å². The summed E-state index contributed by atoms with van der Waals surface area (Å²) in [7, 11) is 0. The number of aromatic carboxylic acids is 1. The van der Waals surface area contributed by atoms with Gasteiger partial charge in [0.1, 0.15) is 0 Å². The SMILES string of the molecule is CC(C)CN(C(=O)Nc1ccc(Br)cc1C(=O)O)C(C)C. The van der Waals surface area contributed by atoms with E-state index in [1.165, 1.54) is 6.07 Å². The number of anilines is 1. The molecular weight excluding hydrogens is 336 g/mol. The van der Waals surface area contributed by atoms with Crippen LogP contribution in [0.3, 0.4) is 0 Å². The third-order valence-electron chi connectivity index (χ3n) is 2.90. The van der Waals surface area contributed by atoms with Gasteiger partial charge < -0.3 is 15.3 Å². The number of carbonyl (C=O) groups is 2. The second kappa shape index (κ2) is 7.45. The van der Waals surface area contributed by atoms with Crippen molar-refractivity contribution in [3.05, 3.63) is 28.2 Å². The summed E-state index contributed by atoms with van der Waals surface area (Å²) in [6.45, 7) is 8.54. The first kappa shape index (κ1) is 17.5. The fourth-order valence-electron chi connectivity index (χ4n) is 1.91. The van der Waals surface area contributed by atoms with Crippen LogP contribution in [0.4, 0.5) is 10.5 Å². The van der Waals surface area contributed by atoms with Gasteiger partial charge in [-0.05, 0) is 38.0 Å². The quantitative estimate of drug-likeness (QED) is 0.835. The van der Waals surface area contributed by atoms with Gasteiger partial charge in [-0.2, -0.15) is 0 Å². The number of amides is 2. The molecule has 5 nitrogen and oxygen atoms in total. The van der Waals surface area contributed by atoms with Crippen molar-refractivity contribution < 1.29 is 14.7 Å². The normalized spacial score (nSPS) is 10.8. The van der Waals surface area contributed by atoms with Crippen molar-refractivity contribution >= 4 is 33.6 Å². The van der Waals surface area contributed by atoms with Crippen LogP contribution in [0.15, 0.2) is 22.7 Å². The zero-order chi connectivity index (χ0) is 16.2. The molecule has 0 atom stereocenters. The van der Waals surface area contributed by atoms with Crippen LogP contribution in [0.1, 0.15) is 38.1 Å². The number of hydrogen-bond donors (Lipinski definition) is 2. The van der Waals surface area contributed by atoms with Gasteiger partial charge in [-0.1, -0.05) is 29.8 Å². The van der Waals surface area contributed by atoms with E-state index in [-0.39, 0.29) is 17.6 Å². The number of carboxylic acids is 1. The summed E-state index contributed by atoms with van der Waals surface area (Å²) in [5.74, 6) is -0.742. The van der Waals surface area contributed by atoms with Gasteiger partial charge in [-0.15, -0.1) is 0 Å². The molecule has 6 heteroatoms. The molecule has 1 aromatic rings. The van der Waals surface area contributed by atoms with Gasteiger partial charge in [-0.3, -0.25) is 0 Å². The number of halogens is 1. The number of nitrogens with zero attached hydrogens (tertiary/aromatic N) is 1.